The lowest BCUT2D eigenvalue weighted by atomic mass is 10.1. The molecule has 0 aliphatic heterocycles. The van der Waals surface area contributed by atoms with Gasteiger partial charge in [-0.2, -0.15) is 0 Å². The van der Waals surface area contributed by atoms with Gasteiger partial charge in [-0.25, -0.2) is 4.79 Å². The average molecular weight is 344 g/mol. The molecular formula is C19H18ClNO3. The molecule has 0 atom stereocenters. The van der Waals surface area contributed by atoms with E-state index in [1.807, 2.05) is 30.3 Å². The topological polar surface area (TPSA) is 58.6 Å². The predicted molar refractivity (Wildman–Crippen MR) is 93.5 cm³/mol. The number of carbonyl (C=O) groups is 1. The summed E-state index contributed by atoms with van der Waals surface area (Å²) in [6.45, 7) is 0.514. The van der Waals surface area contributed by atoms with E-state index in [0.717, 1.165) is 11.1 Å². The van der Waals surface area contributed by atoms with E-state index in [0.29, 0.717) is 23.6 Å². The second kappa shape index (κ2) is 9.61. The molecule has 2 aromatic carbocycles. The molecule has 2 N–H and O–H groups in total. The van der Waals surface area contributed by atoms with E-state index in [-0.39, 0.29) is 13.2 Å². The maximum atomic E-state index is 11.6. The van der Waals surface area contributed by atoms with Crippen molar-refractivity contribution in [3.63, 3.8) is 0 Å². The van der Waals surface area contributed by atoms with Gasteiger partial charge >= 0.3 is 6.09 Å². The molecule has 0 spiro atoms. The van der Waals surface area contributed by atoms with Gasteiger partial charge in [0, 0.05) is 23.6 Å². The highest BCUT2D eigenvalue weighted by Crippen LogP contribution is 2.15. The van der Waals surface area contributed by atoms with Gasteiger partial charge in [0.1, 0.15) is 6.61 Å². The Morgan fingerprint density at radius 1 is 1.21 bits per heavy atom. The minimum Gasteiger partial charge on any atom is -0.445 e. The van der Waals surface area contributed by atoms with Crippen LogP contribution in [0.5, 0.6) is 0 Å². The summed E-state index contributed by atoms with van der Waals surface area (Å²) in [6, 6.07) is 14.7. The van der Waals surface area contributed by atoms with E-state index in [1.54, 1.807) is 18.2 Å². The Kier molecular flexibility index (Phi) is 7.16. The average Bonchev–Trinajstić information content (AvgIpc) is 2.61. The van der Waals surface area contributed by atoms with Gasteiger partial charge in [0.2, 0.25) is 0 Å². The fraction of sp³-hybridized carbons (Fsp3) is 0.211. The highest BCUT2D eigenvalue weighted by Gasteiger charge is 2.01. The van der Waals surface area contributed by atoms with Crippen LogP contribution < -0.4 is 5.32 Å². The number of amides is 1. The number of ether oxygens (including phenoxy) is 1. The van der Waals surface area contributed by atoms with Crippen molar-refractivity contribution in [2.75, 3.05) is 6.54 Å². The number of rotatable bonds is 5. The lowest BCUT2D eigenvalue weighted by Crippen LogP contribution is -2.24. The van der Waals surface area contributed by atoms with Gasteiger partial charge in [0.05, 0.1) is 6.61 Å². The highest BCUT2D eigenvalue weighted by molar-refractivity contribution is 6.30. The number of carbonyl (C=O) groups excluding carboxylic acids is 1. The third-order valence-corrected chi connectivity index (χ3v) is 3.43. The van der Waals surface area contributed by atoms with Gasteiger partial charge in [0.15, 0.2) is 0 Å². The molecule has 0 saturated heterocycles. The summed E-state index contributed by atoms with van der Waals surface area (Å²) in [5.74, 6) is 5.91. The summed E-state index contributed by atoms with van der Waals surface area (Å²) in [4.78, 5) is 11.6. The van der Waals surface area contributed by atoms with Crippen molar-refractivity contribution < 1.29 is 14.6 Å². The van der Waals surface area contributed by atoms with Gasteiger partial charge in [-0.15, -0.1) is 0 Å². The van der Waals surface area contributed by atoms with E-state index in [4.69, 9.17) is 16.3 Å². The van der Waals surface area contributed by atoms with Gasteiger partial charge < -0.3 is 15.2 Å². The number of benzene rings is 2. The van der Waals surface area contributed by atoms with E-state index >= 15 is 0 Å². The molecule has 0 radical (unpaired) electrons. The lowest BCUT2D eigenvalue weighted by Gasteiger charge is -2.05. The number of nitrogens with one attached hydrogen (secondary N) is 1. The van der Waals surface area contributed by atoms with Gasteiger partial charge in [0.25, 0.3) is 0 Å². The lowest BCUT2D eigenvalue weighted by molar-refractivity contribution is 0.140. The molecule has 0 aliphatic rings. The van der Waals surface area contributed by atoms with Crippen LogP contribution in [-0.4, -0.2) is 17.7 Å². The minimum atomic E-state index is -0.469. The monoisotopic (exact) mass is 343 g/mol. The summed E-state index contributed by atoms with van der Waals surface area (Å²) < 4.78 is 5.10. The zero-order chi connectivity index (χ0) is 17.2. The first kappa shape index (κ1) is 17.9. The number of hydrogen-bond acceptors (Lipinski definition) is 3. The Hall–Kier alpha value is -2.48. The standard InChI is InChI=1S/C19H18ClNO3/c20-18-10-9-16(17(12-18)13-22)8-4-5-11-21-19(23)24-14-15-6-2-1-3-7-15/h1-3,6-7,9-10,12,22H,5,11,13-14H2,(H,21,23). The van der Waals surface area contributed by atoms with E-state index in [1.165, 1.54) is 0 Å². The molecule has 2 aromatic rings. The number of aliphatic hydroxyl groups excluding tert-OH is 1. The molecule has 24 heavy (non-hydrogen) atoms. The summed E-state index contributed by atoms with van der Waals surface area (Å²) in [6.07, 6.45) is 0.0108. The molecule has 4 nitrogen and oxygen atoms in total. The summed E-state index contributed by atoms with van der Waals surface area (Å²) in [7, 11) is 0. The Labute approximate surface area is 146 Å². The molecule has 0 bridgehead atoms. The van der Waals surface area contributed by atoms with Crippen molar-refractivity contribution in [3.05, 3.63) is 70.2 Å². The third-order valence-electron chi connectivity index (χ3n) is 3.19. The molecule has 1 amide bonds. The van der Waals surface area contributed by atoms with Crippen LogP contribution in [0.2, 0.25) is 5.02 Å². The van der Waals surface area contributed by atoms with Crippen molar-refractivity contribution in [2.45, 2.75) is 19.6 Å². The highest BCUT2D eigenvalue weighted by atomic mass is 35.5. The second-order valence-corrected chi connectivity index (χ2v) is 5.44. The zero-order valence-electron chi connectivity index (χ0n) is 13.1. The molecule has 5 heteroatoms. The van der Waals surface area contributed by atoms with Gasteiger partial charge in [-0.1, -0.05) is 53.8 Å². The maximum absolute atomic E-state index is 11.6. The van der Waals surface area contributed by atoms with Crippen LogP contribution in [0.3, 0.4) is 0 Å². The van der Waals surface area contributed by atoms with Crippen LogP contribution in [-0.2, 0) is 18.0 Å². The van der Waals surface area contributed by atoms with Crippen LogP contribution in [0.1, 0.15) is 23.1 Å². The van der Waals surface area contributed by atoms with Crippen LogP contribution in [0.25, 0.3) is 0 Å². The first-order valence-corrected chi connectivity index (χ1v) is 7.89. The zero-order valence-corrected chi connectivity index (χ0v) is 13.8. The number of hydrogen-bond donors (Lipinski definition) is 2. The second-order valence-electron chi connectivity index (χ2n) is 5.00. The first-order chi connectivity index (χ1) is 11.7. The van der Waals surface area contributed by atoms with Crippen molar-refractivity contribution in [1.29, 1.82) is 0 Å². The SMILES string of the molecule is O=C(NCCC#Cc1ccc(Cl)cc1CO)OCc1ccccc1. The fourth-order valence-corrected chi connectivity index (χ4v) is 2.17. The predicted octanol–water partition coefficient (Wildman–Crippen LogP) is 3.50. The van der Waals surface area contributed by atoms with Crippen molar-refractivity contribution in [1.82, 2.24) is 5.32 Å². The Morgan fingerprint density at radius 3 is 2.75 bits per heavy atom. The molecule has 0 aliphatic carbocycles. The quantitative estimate of drug-likeness (QED) is 0.645. The Balaban J connectivity index is 1.72. The first-order valence-electron chi connectivity index (χ1n) is 7.52. The summed E-state index contributed by atoms with van der Waals surface area (Å²) >= 11 is 5.87. The van der Waals surface area contributed by atoms with Crippen LogP contribution >= 0.6 is 11.6 Å². The Bertz CT molecular complexity index is 735. The van der Waals surface area contributed by atoms with Crippen molar-refractivity contribution in [2.24, 2.45) is 0 Å². The van der Waals surface area contributed by atoms with E-state index < -0.39 is 6.09 Å². The fourth-order valence-electron chi connectivity index (χ4n) is 1.97. The van der Waals surface area contributed by atoms with E-state index in [2.05, 4.69) is 17.2 Å². The molecule has 0 unspecified atom stereocenters. The van der Waals surface area contributed by atoms with Crippen LogP contribution in [0.15, 0.2) is 48.5 Å². The largest absolute Gasteiger partial charge is 0.445 e. The van der Waals surface area contributed by atoms with Crippen LogP contribution in [0.4, 0.5) is 4.79 Å². The Morgan fingerprint density at radius 2 is 2.00 bits per heavy atom. The number of aliphatic hydroxyl groups is 1. The molecule has 0 aromatic heterocycles. The smallest absolute Gasteiger partial charge is 0.407 e. The number of halogens is 1. The molecule has 0 heterocycles. The maximum Gasteiger partial charge on any atom is 0.407 e. The minimum absolute atomic E-state index is 0.116. The van der Waals surface area contributed by atoms with Gasteiger partial charge in [-0.3, -0.25) is 0 Å². The molecule has 2 rings (SSSR count). The van der Waals surface area contributed by atoms with Crippen LogP contribution in [0, 0.1) is 11.8 Å². The molecule has 0 fully saturated rings. The summed E-state index contributed by atoms with van der Waals surface area (Å²) in [5, 5.41) is 12.5. The molecule has 0 saturated carbocycles. The summed E-state index contributed by atoms with van der Waals surface area (Å²) in [5.41, 5.74) is 2.35. The van der Waals surface area contributed by atoms with Gasteiger partial charge in [-0.05, 0) is 29.3 Å². The number of alkyl carbamates (subject to hydrolysis) is 1. The van der Waals surface area contributed by atoms with Crippen molar-refractivity contribution >= 4 is 17.7 Å². The third kappa shape index (κ3) is 5.96. The van der Waals surface area contributed by atoms with Crippen molar-refractivity contribution in [3.8, 4) is 11.8 Å². The normalized spacial score (nSPS) is 9.75. The molecular weight excluding hydrogens is 326 g/mol. The van der Waals surface area contributed by atoms with E-state index in [9.17, 15) is 9.90 Å². The molecule has 124 valence electrons.